The molecule has 3 atom stereocenters. The number of carbonyl (C=O) groups is 3. The maximum absolute atomic E-state index is 12.1. The minimum Gasteiger partial charge on any atom is -0.480 e. The number of carbonyl (C=O) groups excluding carboxylic acids is 2. The van der Waals surface area contributed by atoms with E-state index in [-0.39, 0.29) is 24.3 Å². The predicted octanol–water partition coefficient (Wildman–Crippen LogP) is 0.393. The average Bonchev–Trinajstić information content (AvgIpc) is 2.43. The summed E-state index contributed by atoms with van der Waals surface area (Å²) in [4.78, 5) is 35.9. The monoisotopic (exact) mass is 285 g/mol. The van der Waals surface area contributed by atoms with E-state index in [4.69, 9.17) is 10.8 Å². The number of carboxylic acids is 1. The summed E-state index contributed by atoms with van der Waals surface area (Å²) in [7, 11) is 0. The molecule has 0 aromatic rings. The number of nitrogens with zero attached hydrogens (tertiary/aromatic N) is 1. The van der Waals surface area contributed by atoms with Crippen LogP contribution in [-0.2, 0) is 9.59 Å². The molecule has 0 aromatic carbocycles. The molecule has 1 saturated heterocycles. The molecule has 0 radical (unpaired) electrons. The number of carboxylic acid groups (broad SMARTS) is 1. The number of primary amides is 1. The number of aliphatic carboxylic acids is 1. The van der Waals surface area contributed by atoms with Crippen molar-refractivity contribution < 1.29 is 19.5 Å². The van der Waals surface area contributed by atoms with Crippen molar-refractivity contribution in [2.45, 2.75) is 39.2 Å². The summed E-state index contributed by atoms with van der Waals surface area (Å²) in [5.41, 5.74) is 5.21. The van der Waals surface area contributed by atoms with Gasteiger partial charge in [-0.15, -0.1) is 0 Å². The molecule has 114 valence electrons. The summed E-state index contributed by atoms with van der Waals surface area (Å²) >= 11 is 0. The fraction of sp³-hybridized carbons (Fsp3) is 0.769. The van der Waals surface area contributed by atoms with Crippen molar-refractivity contribution in [3.63, 3.8) is 0 Å². The Morgan fingerprint density at radius 1 is 1.45 bits per heavy atom. The largest absolute Gasteiger partial charge is 0.480 e. The second kappa shape index (κ2) is 7.12. The Morgan fingerprint density at radius 3 is 2.60 bits per heavy atom. The molecule has 1 heterocycles. The van der Waals surface area contributed by atoms with Gasteiger partial charge in [-0.2, -0.15) is 0 Å². The molecular formula is C13H23N3O4. The van der Waals surface area contributed by atoms with Gasteiger partial charge in [0, 0.05) is 13.1 Å². The van der Waals surface area contributed by atoms with Gasteiger partial charge < -0.3 is 21.1 Å². The molecule has 7 heteroatoms. The lowest BCUT2D eigenvalue weighted by Gasteiger charge is -2.32. The number of amides is 3. The number of nitrogens with two attached hydrogens (primary N) is 1. The number of hydrogen-bond acceptors (Lipinski definition) is 3. The lowest BCUT2D eigenvalue weighted by molar-refractivity contribution is -0.144. The van der Waals surface area contributed by atoms with Gasteiger partial charge in [0.2, 0.25) is 5.91 Å². The summed E-state index contributed by atoms with van der Waals surface area (Å²) < 4.78 is 0. The molecule has 3 unspecified atom stereocenters. The fourth-order valence-corrected chi connectivity index (χ4v) is 2.35. The van der Waals surface area contributed by atoms with E-state index in [1.165, 1.54) is 4.90 Å². The van der Waals surface area contributed by atoms with Crippen LogP contribution < -0.4 is 11.1 Å². The molecule has 3 amide bonds. The number of urea groups is 1. The highest BCUT2D eigenvalue weighted by atomic mass is 16.4. The van der Waals surface area contributed by atoms with Crippen molar-refractivity contribution in [3.05, 3.63) is 0 Å². The first-order chi connectivity index (χ1) is 9.36. The summed E-state index contributed by atoms with van der Waals surface area (Å²) in [6.07, 6.45) is 2.00. The zero-order valence-corrected chi connectivity index (χ0v) is 12.0. The Balaban J connectivity index is 2.64. The number of hydrogen-bond donors (Lipinski definition) is 3. The van der Waals surface area contributed by atoms with Gasteiger partial charge in [-0.25, -0.2) is 9.59 Å². The topological polar surface area (TPSA) is 113 Å². The summed E-state index contributed by atoms with van der Waals surface area (Å²) in [6.45, 7) is 4.47. The highest BCUT2D eigenvalue weighted by molar-refractivity contribution is 5.85. The van der Waals surface area contributed by atoms with E-state index in [1.807, 2.05) is 6.92 Å². The van der Waals surface area contributed by atoms with Gasteiger partial charge in [0.15, 0.2) is 0 Å². The molecule has 4 N–H and O–H groups in total. The van der Waals surface area contributed by atoms with Crippen molar-refractivity contribution in [1.82, 2.24) is 10.2 Å². The maximum atomic E-state index is 12.1. The molecule has 1 aliphatic heterocycles. The molecule has 0 aromatic heterocycles. The quantitative estimate of drug-likeness (QED) is 0.678. The van der Waals surface area contributed by atoms with E-state index in [0.29, 0.717) is 25.8 Å². The number of piperidine rings is 1. The first kappa shape index (κ1) is 16.3. The standard InChI is InChI=1S/C13H23N3O4/c1-3-8(2)10(12(18)19)15-11(17)9-5-4-6-16(7-9)13(14)20/h8-10H,3-7H2,1-2H3,(H2,14,20)(H,15,17)(H,18,19). The average molecular weight is 285 g/mol. The maximum Gasteiger partial charge on any atom is 0.326 e. The Kier molecular flexibility index (Phi) is 5.79. The lowest BCUT2D eigenvalue weighted by atomic mass is 9.94. The molecule has 0 saturated carbocycles. The van der Waals surface area contributed by atoms with Gasteiger partial charge in [-0.05, 0) is 18.8 Å². The van der Waals surface area contributed by atoms with Gasteiger partial charge in [0.05, 0.1) is 5.92 Å². The van der Waals surface area contributed by atoms with Crippen LogP contribution in [-0.4, -0.2) is 47.0 Å². The van der Waals surface area contributed by atoms with Crippen molar-refractivity contribution in [1.29, 1.82) is 0 Å². The van der Waals surface area contributed by atoms with Gasteiger partial charge in [-0.1, -0.05) is 20.3 Å². The van der Waals surface area contributed by atoms with Gasteiger partial charge >= 0.3 is 12.0 Å². The van der Waals surface area contributed by atoms with Gasteiger partial charge in [0.25, 0.3) is 0 Å². The van der Waals surface area contributed by atoms with E-state index < -0.39 is 18.0 Å². The van der Waals surface area contributed by atoms with Crippen LogP contribution in [0.4, 0.5) is 4.79 Å². The van der Waals surface area contributed by atoms with Crippen LogP contribution in [0.1, 0.15) is 33.1 Å². The second-order valence-electron chi connectivity index (χ2n) is 5.33. The highest BCUT2D eigenvalue weighted by Gasteiger charge is 2.31. The zero-order chi connectivity index (χ0) is 15.3. The smallest absolute Gasteiger partial charge is 0.326 e. The minimum atomic E-state index is -1.03. The third-order valence-electron chi connectivity index (χ3n) is 3.88. The van der Waals surface area contributed by atoms with Crippen LogP contribution in [0.25, 0.3) is 0 Å². The number of rotatable bonds is 5. The zero-order valence-electron chi connectivity index (χ0n) is 12.0. The molecule has 0 bridgehead atoms. The van der Waals surface area contributed by atoms with E-state index in [9.17, 15) is 14.4 Å². The van der Waals surface area contributed by atoms with Crippen molar-refractivity contribution in [3.8, 4) is 0 Å². The SMILES string of the molecule is CCC(C)C(NC(=O)C1CCCN(C(N)=O)C1)C(=O)O. The van der Waals surface area contributed by atoms with Crippen LogP contribution in [0, 0.1) is 11.8 Å². The second-order valence-corrected chi connectivity index (χ2v) is 5.33. The van der Waals surface area contributed by atoms with E-state index in [2.05, 4.69) is 5.32 Å². The summed E-state index contributed by atoms with van der Waals surface area (Å²) in [5, 5.41) is 11.7. The van der Waals surface area contributed by atoms with Gasteiger partial charge in [0.1, 0.15) is 6.04 Å². The number of likely N-dealkylation sites (tertiary alicyclic amines) is 1. The molecule has 7 nitrogen and oxygen atoms in total. The molecular weight excluding hydrogens is 262 g/mol. The molecule has 20 heavy (non-hydrogen) atoms. The van der Waals surface area contributed by atoms with E-state index in [1.54, 1.807) is 6.92 Å². The normalized spacial score (nSPS) is 21.9. The first-order valence-electron chi connectivity index (χ1n) is 6.94. The molecule has 0 spiro atoms. The van der Waals surface area contributed by atoms with Gasteiger partial charge in [-0.3, -0.25) is 4.79 Å². The Hall–Kier alpha value is -1.79. The van der Waals surface area contributed by atoms with Crippen molar-refractivity contribution in [2.75, 3.05) is 13.1 Å². The highest BCUT2D eigenvalue weighted by Crippen LogP contribution is 2.17. The van der Waals surface area contributed by atoms with Crippen LogP contribution in [0.5, 0.6) is 0 Å². The molecule has 0 aliphatic carbocycles. The Morgan fingerprint density at radius 2 is 2.10 bits per heavy atom. The first-order valence-corrected chi connectivity index (χ1v) is 6.94. The summed E-state index contributed by atoms with van der Waals surface area (Å²) in [6, 6.07) is -1.43. The minimum absolute atomic E-state index is 0.146. The molecule has 1 rings (SSSR count). The number of nitrogens with one attached hydrogen (secondary N) is 1. The fourth-order valence-electron chi connectivity index (χ4n) is 2.35. The van der Waals surface area contributed by atoms with Crippen LogP contribution in [0.2, 0.25) is 0 Å². The Bertz CT molecular complexity index is 386. The predicted molar refractivity (Wildman–Crippen MR) is 72.9 cm³/mol. The molecule has 1 aliphatic rings. The van der Waals surface area contributed by atoms with Crippen LogP contribution >= 0.6 is 0 Å². The van der Waals surface area contributed by atoms with Crippen molar-refractivity contribution in [2.24, 2.45) is 17.6 Å². The third kappa shape index (κ3) is 4.11. The van der Waals surface area contributed by atoms with Crippen molar-refractivity contribution >= 4 is 17.9 Å². The molecule has 1 fully saturated rings. The van der Waals surface area contributed by atoms with E-state index >= 15 is 0 Å². The van der Waals surface area contributed by atoms with Crippen LogP contribution in [0.15, 0.2) is 0 Å². The van der Waals surface area contributed by atoms with E-state index in [0.717, 1.165) is 0 Å². The third-order valence-corrected chi connectivity index (χ3v) is 3.88. The Labute approximate surface area is 118 Å². The lowest BCUT2D eigenvalue weighted by Crippen LogP contribution is -2.51. The van der Waals surface area contributed by atoms with Crippen LogP contribution in [0.3, 0.4) is 0 Å². The summed E-state index contributed by atoms with van der Waals surface area (Å²) in [5.74, 6) is -1.88.